The third-order valence-corrected chi connectivity index (χ3v) is 18.7. The number of aliphatic hydroxyl groups is 11. The second-order valence-electron chi connectivity index (χ2n) is 26.8. The van der Waals surface area contributed by atoms with E-state index in [0.717, 1.165) is 64.2 Å². The molecule has 1 amide bonds. The van der Waals surface area contributed by atoms with Crippen molar-refractivity contribution in [3.8, 4) is 0 Å². The van der Waals surface area contributed by atoms with Crippen molar-refractivity contribution in [2.75, 3.05) is 26.4 Å². The summed E-state index contributed by atoms with van der Waals surface area (Å²) in [4.78, 5) is 13.4. The molecule has 0 aliphatic carbocycles. The van der Waals surface area contributed by atoms with Crippen molar-refractivity contribution in [2.45, 2.75) is 394 Å². The number of amides is 1. The predicted octanol–water partition coefficient (Wildman–Crippen LogP) is 10.8. The van der Waals surface area contributed by atoms with Crippen molar-refractivity contribution in [3.05, 3.63) is 36.5 Å². The van der Waals surface area contributed by atoms with E-state index in [1.54, 1.807) is 6.08 Å². The molecule has 0 aromatic carbocycles. The minimum atomic E-state index is -1.98. The molecule has 0 aromatic rings. The van der Waals surface area contributed by atoms with E-state index >= 15 is 0 Å². The Balaban J connectivity index is 1.41. The first-order valence-corrected chi connectivity index (χ1v) is 37.2. The molecule has 0 saturated carbocycles. The highest BCUT2D eigenvalue weighted by molar-refractivity contribution is 5.76. The first kappa shape index (κ1) is 84.2. The van der Waals surface area contributed by atoms with Crippen LogP contribution in [0.4, 0.5) is 0 Å². The number of allylic oxidation sites excluding steroid dienone is 5. The molecule has 3 saturated heterocycles. The van der Waals surface area contributed by atoms with Crippen molar-refractivity contribution in [2.24, 2.45) is 0 Å². The van der Waals surface area contributed by atoms with E-state index in [2.05, 4.69) is 43.5 Å². The number of ether oxygens (including phenoxy) is 6. The number of carbonyl (C=O) groups is 1. The van der Waals surface area contributed by atoms with Gasteiger partial charge in [0, 0.05) is 6.42 Å². The van der Waals surface area contributed by atoms with E-state index in [1.807, 2.05) is 6.08 Å². The van der Waals surface area contributed by atoms with Crippen molar-refractivity contribution < 1.29 is 89.4 Å². The van der Waals surface area contributed by atoms with Gasteiger partial charge in [-0.25, -0.2) is 0 Å². The molecule has 3 heterocycles. The number of aliphatic hydroxyl groups excluding tert-OH is 11. The summed E-state index contributed by atoms with van der Waals surface area (Å²) in [6.07, 6.45) is 38.4. The van der Waals surface area contributed by atoms with Gasteiger partial charge in [0.25, 0.3) is 0 Å². The summed E-state index contributed by atoms with van der Waals surface area (Å²) in [5, 5.41) is 121. The molecule has 19 nitrogen and oxygen atoms in total. The lowest BCUT2D eigenvalue weighted by molar-refractivity contribution is -0.379. The normalized spacial score (nSPS) is 27.9. The van der Waals surface area contributed by atoms with E-state index in [1.165, 1.54) is 199 Å². The summed E-state index contributed by atoms with van der Waals surface area (Å²) in [6, 6.07) is -0.976. The smallest absolute Gasteiger partial charge is 0.220 e. The Morgan fingerprint density at radius 2 is 0.717 bits per heavy atom. The van der Waals surface area contributed by atoms with Crippen molar-refractivity contribution in [1.82, 2.24) is 5.32 Å². The Bertz CT molecular complexity index is 1810. The highest BCUT2D eigenvalue weighted by Crippen LogP contribution is 2.33. The fraction of sp³-hybridized carbons (Fsp3) is 0.904. The molecule has 0 bridgehead atoms. The Kier molecular flexibility index (Phi) is 50.3. The van der Waals surface area contributed by atoms with Crippen LogP contribution in [-0.4, -0.2) is 193 Å². The zero-order valence-electron chi connectivity index (χ0n) is 57.3. The molecule has 3 fully saturated rings. The molecular weight excluding hydrogens is 1180 g/mol. The van der Waals surface area contributed by atoms with Crippen LogP contribution in [0.2, 0.25) is 0 Å². The van der Waals surface area contributed by atoms with E-state index < -0.39 is 124 Å². The minimum absolute atomic E-state index is 0.239. The maximum absolute atomic E-state index is 13.4. The fourth-order valence-corrected chi connectivity index (χ4v) is 12.6. The van der Waals surface area contributed by atoms with Gasteiger partial charge < -0.3 is 89.9 Å². The number of hydrogen-bond donors (Lipinski definition) is 12. The monoisotopic (exact) mass is 1310 g/mol. The summed E-state index contributed by atoms with van der Waals surface area (Å²) < 4.78 is 34.4. The van der Waals surface area contributed by atoms with Crippen molar-refractivity contribution in [1.29, 1.82) is 0 Å². The van der Waals surface area contributed by atoms with Crippen molar-refractivity contribution >= 4 is 5.91 Å². The molecule has 3 aliphatic heterocycles. The van der Waals surface area contributed by atoms with Gasteiger partial charge in [-0.3, -0.25) is 4.79 Å². The standard InChI is InChI=1S/C73H135NO18/c1-3-5-7-9-11-13-15-17-19-21-23-24-25-26-27-28-29-30-31-33-34-36-38-40-42-44-46-48-50-57(78)56(74-61(79)51-49-47-45-43-41-39-37-35-32-22-20-18-16-14-12-10-8-6-4-2)55-87-71-67(85)64(82)69(59(53-76)89-71)92-73-68(86)65(83)70(60(54-77)90-73)91-72-66(84)63(81)62(80)58(52-75)88-72/h12,14,18,20,48,50,56-60,62-73,75-78,80-86H,3-11,13,15-17,19,21-47,49,51-55H2,1-2H3,(H,74,79)/b14-12-,20-18-,50-48+. The number of rotatable bonds is 58. The molecule has 17 unspecified atom stereocenters. The Labute approximate surface area is 555 Å². The molecule has 3 aliphatic rings. The van der Waals surface area contributed by atoms with Crippen LogP contribution in [0.1, 0.15) is 290 Å². The van der Waals surface area contributed by atoms with Gasteiger partial charge in [0.05, 0.1) is 38.6 Å². The summed E-state index contributed by atoms with van der Waals surface area (Å²) >= 11 is 0. The molecule has 0 radical (unpaired) electrons. The van der Waals surface area contributed by atoms with Crippen LogP contribution in [-0.2, 0) is 33.2 Å². The predicted molar refractivity (Wildman–Crippen MR) is 360 cm³/mol. The van der Waals surface area contributed by atoms with Gasteiger partial charge in [0.2, 0.25) is 5.91 Å². The molecule has 17 atom stereocenters. The van der Waals surface area contributed by atoms with E-state index in [4.69, 9.17) is 28.4 Å². The van der Waals surface area contributed by atoms with Crippen LogP contribution >= 0.6 is 0 Å². The van der Waals surface area contributed by atoms with Crippen LogP contribution in [0.3, 0.4) is 0 Å². The Morgan fingerprint density at radius 3 is 1.13 bits per heavy atom. The van der Waals surface area contributed by atoms with Gasteiger partial charge in [0.15, 0.2) is 18.9 Å². The maximum Gasteiger partial charge on any atom is 0.220 e. The lowest BCUT2D eigenvalue weighted by Crippen LogP contribution is -2.66. The number of nitrogens with one attached hydrogen (secondary N) is 1. The van der Waals surface area contributed by atoms with Gasteiger partial charge in [-0.05, 0) is 51.4 Å². The molecule has 19 heteroatoms. The lowest BCUT2D eigenvalue weighted by Gasteiger charge is -2.48. The van der Waals surface area contributed by atoms with Crippen LogP contribution in [0.25, 0.3) is 0 Å². The quantitative estimate of drug-likeness (QED) is 0.0199. The summed E-state index contributed by atoms with van der Waals surface area (Å²) in [5.41, 5.74) is 0. The van der Waals surface area contributed by atoms with E-state index in [0.29, 0.717) is 6.42 Å². The van der Waals surface area contributed by atoms with Crippen LogP contribution in [0, 0.1) is 0 Å². The van der Waals surface area contributed by atoms with Gasteiger partial charge in [-0.2, -0.15) is 0 Å². The highest BCUT2D eigenvalue weighted by atomic mass is 16.8. The number of carbonyl (C=O) groups excluding carboxylic acids is 1. The van der Waals surface area contributed by atoms with Gasteiger partial charge >= 0.3 is 0 Å². The average Bonchev–Trinajstić information content (AvgIpc) is 0.855. The molecular formula is C73H135NO18. The zero-order valence-corrected chi connectivity index (χ0v) is 57.3. The summed E-state index contributed by atoms with van der Waals surface area (Å²) in [5.74, 6) is -0.277. The summed E-state index contributed by atoms with van der Waals surface area (Å²) in [6.45, 7) is 1.74. The molecule has 12 N–H and O–H groups in total. The third kappa shape index (κ3) is 36.0. The van der Waals surface area contributed by atoms with E-state index in [9.17, 15) is 61.0 Å². The minimum Gasteiger partial charge on any atom is -0.394 e. The summed E-state index contributed by atoms with van der Waals surface area (Å²) in [7, 11) is 0. The fourth-order valence-electron chi connectivity index (χ4n) is 12.6. The van der Waals surface area contributed by atoms with Gasteiger partial charge in [-0.15, -0.1) is 0 Å². The molecule has 3 rings (SSSR count). The average molecular weight is 1310 g/mol. The van der Waals surface area contributed by atoms with Crippen LogP contribution in [0.5, 0.6) is 0 Å². The van der Waals surface area contributed by atoms with Crippen molar-refractivity contribution in [3.63, 3.8) is 0 Å². The highest BCUT2D eigenvalue weighted by Gasteiger charge is 2.53. The first-order chi connectivity index (χ1) is 44.8. The first-order valence-electron chi connectivity index (χ1n) is 37.2. The SMILES string of the molecule is CCCCC/C=C\C/C=C\CCCCCCCCCCCC(=O)NC(COC1OC(CO)C(OC2OC(CO)C(OC3OC(CO)C(O)C(O)C3O)C(O)C2O)C(O)C1O)C(O)/C=C/CCCCCCCCCCCCCCCCCCCCCCCCCCCC. The topological polar surface area (TPSA) is 307 Å². The van der Waals surface area contributed by atoms with Gasteiger partial charge in [0.1, 0.15) is 73.2 Å². The maximum atomic E-state index is 13.4. The zero-order chi connectivity index (χ0) is 66.8. The number of hydrogen-bond acceptors (Lipinski definition) is 18. The largest absolute Gasteiger partial charge is 0.394 e. The second kappa shape index (κ2) is 55.0. The second-order valence-corrected chi connectivity index (χ2v) is 26.8. The molecule has 0 aromatic heterocycles. The lowest BCUT2D eigenvalue weighted by atomic mass is 9.96. The third-order valence-electron chi connectivity index (χ3n) is 18.7. The number of unbranched alkanes of at least 4 members (excludes halogenated alkanes) is 38. The van der Waals surface area contributed by atoms with Crippen LogP contribution in [0.15, 0.2) is 36.5 Å². The Hall–Kier alpha value is -1.99. The molecule has 540 valence electrons. The molecule has 0 spiro atoms. The molecule has 92 heavy (non-hydrogen) atoms. The Morgan fingerprint density at radius 1 is 0.391 bits per heavy atom. The van der Waals surface area contributed by atoms with Crippen LogP contribution < -0.4 is 5.32 Å². The van der Waals surface area contributed by atoms with Gasteiger partial charge in [-0.1, -0.05) is 269 Å². The van der Waals surface area contributed by atoms with E-state index in [-0.39, 0.29) is 18.9 Å².